The van der Waals surface area contributed by atoms with Crippen molar-refractivity contribution in [2.45, 2.75) is 13.5 Å². The number of esters is 1. The maximum absolute atomic E-state index is 13.7. The number of para-hydroxylation sites is 1. The number of nitrogens with zero attached hydrogens (tertiary/aromatic N) is 1. The van der Waals surface area contributed by atoms with E-state index in [2.05, 4.69) is 0 Å². The Labute approximate surface area is 166 Å². The topological polar surface area (TPSA) is 63.7 Å². The van der Waals surface area contributed by atoms with E-state index in [0.717, 1.165) is 10.5 Å². The lowest BCUT2D eigenvalue weighted by Gasteiger charge is -2.16. The predicted molar refractivity (Wildman–Crippen MR) is 104 cm³/mol. The van der Waals surface area contributed by atoms with Crippen molar-refractivity contribution < 1.29 is 23.5 Å². The molecule has 0 saturated heterocycles. The Bertz CT molecular complexity index is 1160. The largest absolute Gasteiger partial charge is 0.457 e. The first-order valence-corrected chi connectivity index (χ1v) is 8.96. The highest BCUT2D eigenvalue weighted by molar-refractivity contribution is 6.34. The molecule has 0 atom stereocenters. The van der Waals surface area contributed by atoms with E-state index < -0.39 is 23.6 Å². The number of fused-ring (bicyclic) bond motifs is 1. The first-order valence-electron chi connectivity index (χ1n) is 8.96. The number of amides is 2. The highest BCUT2D eigenvalue weighted by atomic mass is 19.1. The molecular weight excluding hydrogens is 373 g/mol. The molecule has 0 unspecified atom stereocenters. The van der Waals surface area contributed by atoms with Gasteiger partial charge in [0.2, 0.25) is 0 Å². The maximum atomic E-state index is 13.7. The Kier molecular flexibility index (Phi) is 4.68. The van der Waals surface area contributed by atoms with Gasteiger partial charge in [-0.2, -0.15) is 0 Å². The molecule has 4 rings (SSSR count). The van der Waals surface area contributed by atoms with Crippen LogP contribution in [0, 0.1) is 12.7 Å². The van der Waals surface area contributed by atoms with Crippen LogP contribution < -0.4 is 4.90 Å². The van der Waals surface area contributed by atoms with Crippen molar-refractivity contribution in [2.75, 3.05) is 4.90 Å². The molecule has 1 aliphatic heterocycles. The first kappa shape index (κ1) is 18.6. The lowest BCUT2D eigenvalue weighted by Crippen LogP contribution is -2.29. The van der Waals surface area contributed by atoms with E-state index in [-0.39, 0.29) is 28.9 Å². The zero-order valence-electron chi connectivity index (χ0n) is 15.5. The zero-order chi connectivity index (χ0) is 20.5. The molecule has 3 aromatic carbocycles. The molecule has 6 heteroatoms. The molecule has 0 N–H and O–H groups in total. The van der Waals surface area contributed by atoms with E-state index >= 15 is 0 Å². The van der Waals surface area contributed by atoms with Crippen molar-refractivity contribution >= 4 is 23.5 Å². The molecule has 0 aromatic heterocycles. The third-order valence-corrected chi connectivity index (χ3v) is 4.80. The minimum atomic E-state index is -0.703. The minimum Gasteiger partial charge on any atom is -0.457 e. The molecule has 2 amide bonds. The number of hydrogen-bond donors (Lipinski definition) is 0. The average molecular weight is 389 g/mol. The second-order valence-corrected chi connectivity index (χ2v) is 6.66. The summed E-state index contributed by atoms with van der Waals surface area (Å²) in [5, 5.41) is 0. The van der Waals surface area contributed by atoms with E-state index in [1.807, 2.05) is 19.1 Å². The van der Waals surface area contributed by atoms with E-state index in [9.17, 15) is 18.8 Å². The van der Waals surface area contributed by atoms with Crippen molar-refractivity contribution in [2.24, 2.45) is 0 Å². The Hall–Kier alpha value is -3.80. The van der Waals surface area contributed by atoms with Gasteiger partial charge in [-0.15, -0.1) is 0 Å². The third-order valence-electron chi connectivity index (χ3n) is 4.80. The van der Waals surface area contributed by atoms with Gasteiger partial charge in [-0.1, -0.05) is 36.4 Å². The van der Waals surface area contributed by atoms with Crippen LogP contribution in [-0.2, 0) is 11.3 Å². The summed E-state index contributed by atoms with van der Waals surface area (Å²) in [5.74, 6) is -2.11. The molecular formula is C23H16FNO4. The van der Waals surface area contributed by atoms with Gasteiger partial charge in [-0.25, -0.2) is 14.1 Å². The number of ether oxygens (including phenoxy) is 1. The molecule has 0 bridgehead atoms. The van der Waals surface area contributed by atoms with Crippen LogP contribution in [0.25, 0.3) is 0 Å². The van der Waals surface area contributed by atoms with Crippen molar-refractivity contribution in [3.05, 3.63) is 100 Å². The fourth-order valence-corrected chi connectivity index (χ4v) is 3.24. The molecule has 0 fully saturated rings. The highest BCUT2D eigenvalue weighted by Crippen LogP contribution is 2.31. The van der Waals surface area contributed by atoms with Gasteiger partial charge >= 0.3 is 5.97 Å². The second kappa shape index (κ2) is 7.31. The molecule has 29 heavy (non-hydrogen) atoms. The SMILES string of the molecule is Cc1ccccc1N1C(=O)c2ccc(C(=O)OCc3ccccc3F)cc2C1=O. The summed E-state index contributed by atoms with van der Waals surface area (Å²) in [5.41, 5.74) is 2.02. The van der Waals surface area contributed by atoms with E-state index in [1.165, 1.54) is 30.3 Å². The Morgan fingerprint density at radius 3 is 2.38 bits per heavy atom. The molecule has 5 nitrogen and oxygen atoms in total. The van der Waals surface area contributed by atoms with Crippen LogP contribution in [0.4, 0.5) is 10.1 Å². The Balaban J connectivity index is 1.58. The second-order valence-electron chi connectivity index (χ2n) is 6.66. The van der Waals surface area contributed by atoms with Crippen LogP contribution in [-0.4, -0.2) is 17.8 Å². The number of anilines is 1. The highest BCUT2D eigenvalue weighted by Gasteiger charge is 2.37. The summed E-state index contributed by atoms with van der Waals surface area (Å²) in [6.45, 7) is 1.58. The quantitative estimate of drug-likeness (QED) is 0.493. The van der Waals surface area contributed by atoms with E-state index in [1.54, 1.807) is 24.3 Å². The van der Waals surface area contributed by atoms with Gasteiger partial charge in [0.25, 0.3) is 11.8 Å². The van der Waals surface area contributed by atoms with Gasteiger partial charge in [0.15, 0.2) is 0 Å². The molecule has 0 spiro atoms. The molecule has 0 saturated carbocycles. The van der Waals surface area contributed by atoms with Crippen LogP contribution in [0.1, 0.15) is 42.2 Å². The molecule has 144 valence electrons. The maximum Gasteiger partial charge on any atom is 0.338 e. The first-order chi connectivity index (χ1) is 14.0. The third kappa shape index (κ3) is 3.29. The molecule has 1 aliphatic rings. The number of aryl methyl sites for hydroxylation is 1. The summed E-state index contributed by atoms with van der Waals surface area (Å²) in [6, 6.07) is 17.3. The number of imide groups is 1. The lowest BCUT2D eigenvalue weighted by atomic mass is 10.1. The molecule has 0 radical (unpaired) electrons. The van der Waals surface area contributed by atoms with Crippen molar-refractivity contribution in [1.29, 1.82) is 0 Å². The number of rotatable bonds is 4. The summed E-state index contributed by atoms with van der Waals surface area (Å²) in [4.78, 5) is 39.1. The van der Waals surface area contributed by atoms with Crippen molar-refractivity contribution in [3.63, 3.8) is 0 Å². The number of hydrogen-bond acceptors (Lipinski definition) is 4. The van der Waals surface area contributed by atoms with Crippen LogP contribution in [0.15, 0.2) is 66.7 Å². The monoisotopic (exact) mass is 389 g/mol. The van der Waals surface area contributed by atoms with Crippen molar-refractivity contribution in [1.82, 2.24) is 0 Å². The van der Waals surface area contributed by atoms with Gasteiger partial charge in [-0.3, -0.25) is 9.59 Å². The van der Waals surface area contributed by atoms with Gasteiger partial charge in [0.1, 0.15) is 12.4 Å². The molecule has 0 aliphatic carbocycles. The van der Waals surface area contributed by atoms with E-state index in [0.29, 0.717) is 5.69 Å². The summed E-state index contributed by atoms with van der Waals surface area (Å²) in [6.07, 6.45) is 0. The van der Waals surface area contributed by atoms with Gasteiger partial charge < -0.3 is 4.74 Å². The summed E-state index contributed by atoms with van der Waals surface area (Å²) >= 11 is 0. The Morgan fingerprint density at radius 2 is 1.62 bits per heavy atom. The fourth-order valence-electron chi connectivity index (χ4n) is 3.24. The van der Waals surface area contributed by atoms with Crippen LogP contribution in [0.5, 0.6) is 0 Å². The van der Waals surface area contributed by atoms with Gasteiger partial charge in [-0.05, 0) is 42.8 Å². The smallest absolute Gasteiger partial charge is 0.338 e. The summed E-state index contributed by atoms with van der Waals surface area (Å²) < 4.78 is 18.8. The number of carbonyl (C=O) groups is 3. The normalized spacial score (nSPS) is 12.8. The number of halogens is 1. The van der Waals surface area contributed by atoms with Crippen molar-refractivity contribution in [3.8, 4) is 0 Å². The van der Waals surface area contributed by atoms with Crippen LogP contribution in [0.2, 0.25) is 0 Å². The van der Waals surface area contributed by atoms with Gasteiger partial charge in [0, 0.05) is 5.56 Å². The predicted octanol–water partition coefficient (Wildman–Crippen LogP) is 4.29. The zero-order valence-corrected chi connectivity index (χ0v) is 15.5. The Morgan fingerprint density at radius 1 is 0.931 bits per heavy atom. The minimum absolute atomic E-state index is 0.118. The lowest BCUT2D eigenvalue weighted by molar-refractivity contribution is 0.0468. The summed E-state index contributed by atoms with van der Waals surface area (Å²) in [7, 11) is 0. The van der Waals surface area contributed by atoms with Gasteiger partial charge in [0.05, 0.1) is 22.4 Å². The fraction of sp³-hybridized carbons (Fsp3) is 0.0870. The number of benzene rings is 3. The average Bonchev–Trinajstić information content (AvgIpc) is 2.97. The van der Waals surface area contributed by atoms with E-state index in [4.69, 9.17) is 4.74 Å². The number of carbonyl (C=O) groups excluding carboxylic acids is 3. The molecule has 3 aromatic rings. The standard InChI is InChI=1S/C23H16FNO4/c1-14-6-2-5-9-20(14)25-21(26)17-11-10-15(12-18(17)22(25)27)23(28)29-13-16-7-3-4-8-19(16)24/h2-12H,13H2,1H3. The van der Waals surface area contributed by atoms with Crippen LogP contribution in [0.3, 0.4) is 0 Å². The molecule has 1 heterocycles. The van der Waals surface area contributed by atoms with Crippen LogP contribution >= 0.6 is 0 Å².